The first kappa shape index (κ1) is 19.4. The molecule has 0 aliphatic carbocycles. The Morgan fingerprint density at radius 1 is 0.967 bits per heavy atom. The van der Waals surface area contributed by atoms with Crippen molar-refractivity contribution in [1.29, 1.82) is 0 Å². The summed E-state index contributed by atoms with van der Waals surface area (Å²) in [4.78, 5) is 33.0. The Morgan fingerprint density at radius 3 is 2.57 bits per heavy atom. The van der Waals surface area contributed by atoms with E-state index in [1.54, 1.807) is 18.5 Å². The highest BCUT2D eigenvalue weighted by atomic mass is 16.2. The molecule has 30 heavy (non-hydrogen) atoms. The van der Waals surface area contributed by atoms with Gasteiger partial charge in [0.1, 0.15) is 5.69 Å². The average Bonchev–Trinajstić information content (AvgIpc) is 3.10. The molecule has 2 aromatic heterocycles. The third kappa shape index (κ3) is 4.07. The molecule has 150 valence electrons. The number of aromatic amines is 1. The minimum absolute atomic E-state index is 0.262. The molecular weight excluding hydrogens is 376 g/mol. The number of carbonyl (C=O) groups excluding carboxylic acids is 2. The fraction of sp³-hybridized carbons (Fsp3) is 0.125. The molecule has 0 saturated heterocycles. The van der Waals surface area contributed by atoms with Gasteiger partial charge in [-0.05, 0) is 49.7 Å². The first-order chi connectivity index (χ1) is 14.5. The number of H-pyrrole nitrogens is 1. The maximum atomic E-state index is 13.0. The molecule has 2 heterocycles. The van der Waals surface area contributed by atoms with E-state index >= 15 is 0 Å². The van der Waals surface area contributed by atoms with Crippen LogP contribution in [-0.2, 0) is 6.54 Å². The molecule has 0 atom stereocenters. The third-order valence-electron chi connectivity index (χ3n) is 4.88. The maximum absolute atomic E-state index is 13.0. The zero-order valence-corrected chi connectivity index (χ0v) is 16.8. The van der Waals surface area contributed by atoms with Crippen LogP contribution in [0.4, 0.5) is 5.69 Å². The molecule has 0 saturated carbocycles. The summed E-state index contributed by atoms with van der Waals surface area (Å²) in [7, 11) is 0. The van der Waals surface area contributed by atoms with Gasteiger partial charge in [0.05, 0.1) is 5.69 Å². The largest absolute Gasteiger partial charge is 0.349 e. The minimum atomic E-state index is -0.299. The molecular formula is C24H22N4O2. The summed E-state index contributed by atoms with van der Waals surface area (Å²) in [5, 5.41) is 6.63. The number of fused-ring (bicyclic) bond motifs is 1. The van der Waals surface area contributed by atoms with Crippen LogP contribution in [0.15, 0.2) is 67.0 Å². The van der Waals surface area contributed by atoms with Gasteiger partial charge in [0.15, 0.2) is 0 Å². The number of pyridine rings is 1. The molecule has 0 radical (unpaired) electrons. The van der Waals surface area contributed by atoms with Crippen LogP contribution in [0.1, 0.15) is 37.5 Å². The lowest BCUT2D eigenvalue weighted by Crippen LogP contribution is -2.25. The van der Waals surface area contributed by atoms with Crippen molar-refractivity contribution in [1.82, 2.24) is 15.3 Å². The number of aromatic nitrogens is 2. The van der Waals surface area contributed by atoms with E-state index < -0.39 is 0 Å². The van der Waals surface area contributed by atoms with Crippen molar-refractivity contribution < 1.29 is 9.59 Å². The van der Waals surface area contributed by atoms with Crippen LogP contribution in [0, 0.1) is 13.8 Å². The van der Waals surface area contributed by atoms with Crippen molar-refractivity contribution in [2.75, 3.05) is 5.32 Å². The number of amides is 2. The van der Waals surface area contributed by atoms with E-state index in [0.29, 0.717) is 23.5 Å². The topological polar surface area (TPSA) is 86.9 Å². The monoisotopic (exact) mass is 398 g/mol. The number of nitrogens with one attached hydrogen (secondary N) is 3. The van der Waals surface area contributed by atoms with Gasteiger partial charge < -0.3 is 15.6 Å². The predicted octanol–water partition coefficient (Wildman–Crippen LogP) is 4.36. The Kier molecular flexibility index (Phi) is 5.30. The number of hydrogen-bond donors (Lipinski definition) is 3. The van der Waals surface area contributed by atoms with Gasteiger partial charge in [0.2, 0.25) is 0 Å². The van der Waals surface area contributed by atoms with Crippen molar-refractivity contribution in [2.45, 2.75) is 20.4 Å². The minimum Gasteiger partial charge on any atom is -0.349 e. The molecule has 0 aliphatic heterocycles. The van der Waals surface area contributed by atoms with E-state index in [0.717, 1.165) is 27.6 Å². The lowest BCUT2D eigenvalue weighted by Gasteiger charge is -2.09. The Hall–Kier alpha value is -3.93. The predicted molar refractivity (Wildman–Crippen MR) is 118 cm³/mol. The molecule has 0 unspecified atom stereocenters. The van der Waals surface area contributed by atoms with Gasteiger partial charge in [0, 0.05) is 35.4 Å². The molecule has 0 aliphatic rings. The summed E-state index contributed by atoms with van der Waals surface area (Å²) >= 11 is 0. The number of nitrogens with zero attached hydrogens (tertiary/aromatic N) is 1. The standard InChI is InChI=1S/C24H22N4O2/c1-15-5-3-7-18(11-15)23(29)28-21-19-12-16(2)8-9-20(19)27-22(21)24(30)26-14-17-6-4-10-25-13-17/h3-13,27H,14H2,1-2H3,(H,26,30)(H,28,29). The normalized spacial score (nSPS) is 10.7. The highest BCUT2D eigenvalue weighted by Crippen LogP contribution is 2.29. The van der Waals surface area contributed by atoms with Crippen molar-refractivity contribution >= 4 is 28.4 Å². The Balaban J connectivity index is 1.67. The molecule has 0 bridgehead atoms. The Morgan fingerprint density at radius 2 is 1.80 bits per heavy atom. The summed E-state index contributed by atoms with van der Waals surface area (Å²) in [5.41, 5.74) is 5.04. The molecule has 2 aromatic carbocycles. The summed E-state index contributed by atoms with van der Waals surface area (Å²) in [6, 6.07) is 16.9. The Labute approximate surface area is 174 Å². The number of rotatable bonds is 5. The van der Waals surface area contributed by atoms with Crippen LogP contribution in [0.5, 0.6) is 0 Å². The van der Waals surface area contributed by atoms with Crippen molar-refractivity contribution in [3.05, 3.63) is 94.9 Å². The fourth-order valence-electron chi connectivity index (χ4n) is 3.35. The average molecular weight is 398 g/mol. The molecule has 6 heteroatoms. The van der Waals surface area contributed by atoms with Gasteiger partial charge in [0.25, 0.3) is 11.8 Å². The summed E-state index contributed by atoms with van der Waals surface area (Å²) in [6.45, 7) is 4.25. The molecule has 4 aromatic rings. The number of hydrogen-bond acceptors (Lipinski definition) is 3. The van der Waals surface area contributed by atoms with Gasteiger partial charge in [-0.2, -0.15) is 0 Å². The first-order valence-electron chi connectivity index (χ1n) is 9.69. The lowest BCUT2D eigenvalue weighted by molar-refractivity contribution is 0.0947. The number of carbonyl (C=O) groups is 2. The van der Waals surface area contributed by atoms with E-state index in [9.17, 15) is 9.59 Å². The van der Waals surface area contributed by atoms with Gasteiger partial charge in [-0.3, -0.25) is 14.6 Å². The van der Waals surface area contributed by atoms with Gasteiger partial charge in [-0.1, -0.05) is 35.4 Å². The van der Waals surface area contributed by atoms with Crippen molar-refractivity contribution in [3.8, 4) is 0 Å². The quantitative estimate of drug-likeness (QED) is 0.467. The van der Waals surface area contributed by atoms with E-state index in [1.807, 2.05) is 62.4 Å². The van der Waals surface area contributed by atoms with E-state index in [4.69, 9.17) is 0 Å². The zero-order valence-electron chi connectivity index (χ0n) is 16.8. The fourth-order valence-corrected chi connectivity index (χ4v) is 3.35. The Bertz CT molecular complexity index is 1230. The van der Waals surface area contributed by atoms with Gasteiger partial charge in [-0.25, -0.2) is 0 Å². The second kappa shape index (κ2) is 8.21. The number of benzene rings is 2. The molecule has 0 fully saturated rings. The van der Waals surface area contributed by atoms with Crippen LogP contribution in [0.3, 0.4) is 0 Å². The molecule has 2 amide bonds. The number of aryl methyl sites for hydroxylation is 2. The summed E-state index contributed by atoms with van der Waals surface area (Å²) < 4.78 is 0. The molecule has 6 nitrogen and oxygen atoms in total. The van der Waals surface area contributed by atoms with Crippen LogP contribution in [0.2, 0.25) is 0 Å². The highest BCUT2D eigenvalue weighted by molar-refractivity contribution is 6.15. The van der Waals surface area contributed by atoms with E-state index in [2.05, 4.69) is 20.6 Å². The third-order valence-corrected chi connectivity index (χ3v) is 4.88. The van der Waals surface area contributed by atoms with Crippen LogP contribution in [0.25, 0.3) is 10.9 Å². The van der Waals surface area contributed by atoms with Crippen LogP contribution in [-0.4, -0.2) is 21.8 Å². The van der Waals surface area contributed by atoms with Crippen LogP contribution < -0.4 is 10.6 Å². The van der Waals surface area contributed by atoms with Gasteiger partial charge >= 0.3 is 0 Å². The van der Waals surface area contributed by atoms with E-state index in [-0.39, 0.29) is 11.8 Å². The maximum Gasteiger partial charge on any atom is 0.270 e. The van der Waals surface area contributed by atoms with Crippen molar-refractivity contribution in [2.24, 2.45) is 0 Å². The second-order valence-corrected chi connectivity index (χ2v) is 7.29. The zero-order chi connectivity index (χ0) is 21.1. The summed E-state index contributed by atoms with van der Waals surface area (Å²) in [6.07, 6.45) is 3.39. The van der Waals surface area contributed by atoms with E-state index in [1.165, 1.54) is 0 Å². The first-order valence-corrected chi connectivity index (χ1v) is 9.69. The number of anilines is 1. The van der Waals surface area contributed by atoms with Crippen molar-refractivity contribution in [3.63, 3.8) is 0 Å². The second-order valence-electron chi connectivity index (χ2n) is 7.29. The summed E-state index contributed by atoms with van der Waals surface area (Å²) in [5.74, 6) is -0.560. The highest BCUT2D eigenvalue weighted by Gasteiger charge is 2.20. The van der Waals surface area contributed by atoms with Crippen LogP contribution >= 0.6 is 0 Å². The smallest absolute Gasteiger partial charge is 0.270 e. The van der Waals surface area contributed by atoms with Gasteiger partial charge in [-0.15, -0.1) is 0 Å². The lowest BCUT2D eigenvalue weighted by atomic mass is 10.1. The molecule has 3 N–H and O–H groups in total. The SMILES string of the molecule is Cc1cccc(C(=O)Nc2c(C(=O)NCc3cccnc3)[nH]c3ccc(C)cc23)c1. The molecule has 0 spiro atoms. The molecule has 4 rings (SSSR count).